The number of hydrogen-bond acceptors (Lipinski definition) is 7. The summed E-state index contributed by atoms with van der Waals surface area (Å²) in [5.74, 6) is 1.06. The van der Waals surface area contributed by atoms with Crippen LogP contribution in [0.4, 0.5) is 10.8 Å². The molecule has 1 atom stereocenters. The van der Waals surface area contributed by atoms with E-state index in [0.717, 1.165) is 16.2 Å². The van der Waals surface area contributed by atoms with Gasteiger partial charge in [0.05, 0.1) is 16.6 Å². The number of carbonyl (C=O) groups is 2. The minimum absolute atomic E-state index is 0.0617. The molecule has 7 nitrogen and oxygen atoms in total. The number of amides is 2. The second-order valence-corrected chi connectivity index (χ2v) is 8.76. The van der Waals surface area contributed by atoms with Crippen LogP contribution in [0.3, 0.4) is 0 Å². The van der Waals surface area contributed by atoms with Crippen LogP contribution in [-0.4, -0.2) is 28.8 Å². The Kier molecular flexibility index (Phi) is 4.40. The van der Waals surface area contributed by atoms with Crippen LogP contribution in [0.25, 0.3) is 11.3 Å². The van der Waals surface area contributed by atoms with Crippen LogP contribution < -0.4 is 20.1 Å². The number of anilines is 2. The summed E-state index contributed by atoms with van der Waals surface area (Å²) in [6.07, 6.45) is 0. The van der Waals surface area contributed by atoms with Crippen molar-refractivity contribution >= 4 is 45.7 Å². The maximum absolute atomic E-state index is 12.6. The Morgan fingerprint density at radius 3 is 2.97 bits per heavy atom. The lowest BCUT2D eigenvalue weighted by molar-refractivity contribution is -0.115. The number of thiazole rings is 1. The number of aromatic nitrogens is 1. The standard InChI is InChI=1S/C20H15N3O4S2/c1-10-18(24)21-13-6-12(3-5-17(13)29-10)19(25)23-20-22-14(8-28-20)11-2-4-15-16(7-11)27-9-26-15/h2-8,10H,9H2,1H3,(H,21,24)(H,22,23,25). The highest BCUT2D eigenvalue weighted by atomic mass is 32.2. The molecule has 0 aliphatic carbocycles. The van der Waals surface area contributed by atoms with Crippen LogP contribution in [0.15, 0.2) is 46.7 Å². The number of ether oxygens (including phenoxy) is 2. The Morgan fingerprint density at radius 2 is 2.07 bits per heavy atom. The van der Waals surface area contributed by atoms with Crippen LogP contribution >= 0.6 is 23.1 Å². The van der Waals surface area contributed by atoms with Gasteiger partial charge in [-0.2, -0.15) is 0 Å². The van der Waals surface area contributed by atoms with Crippen molar-refractivity contribution in [2.24, 2.45) is 0 Å². The summed E-state index contributed by atoms with van der Waals surface area (Å²) in [7, 11) is 0. The monoisotopic (exact) mass is 425 g/mol. The molecule has 2 aliphatic heterocycles. The molecule has 9 heteroatoms. The molecule has 0 bridgehead atoms. The molecule has 3 heterocycles. The van der Waals surface area contributed by atoms with Gasteiger partial charge in [-0.05, 0) is 43.3 Å². The van der Waals surface area contributed by atoms with Crippen LogP contribution in [0.5, 0.6) is 11.5 Å². The summed E-state index contributed by atoms with van der Waals surface area (Å²) >= 11 is 2.82. The third kappa shape index (κ3) is 3.43. The fourth-order valence-corrected chi connectivity index (χ4v) is 4.68. The van der Waals surface area contributed by atoms with Gasteiger partial charge in [0.2, 0.25) is 12.7 Å². The van der Waals surface area contributed by atoms with Gasteiger partial charge in [-0.25, -0.2) is 4.98 Å². The fourth-order valence-electron chi connectivity index (χ4n) is 3.04. The number of hydrogen-bond donors (Lipinski definition) is 2. The molecule has 2 N–H and O–H groups in total. The first-order chi connectivity index (χ1) is 14.1. The third-order valence-electron chi connectivity index (χ3n) is 4.57. The minimum Gasteiger partial charge on any atom is -0.454 e. The van der Waals surface area contributed by atoms with Crippen molar-refractivity contribution in [1.29, 1.82) is 0 Å². The maximum atomic E-state index is 12.6. The topological polar surface area (TPSA) is 89.6 Å². The second kappa shape index (κ2) is 7.09. The average molecular weight is 425 g/mol. The molecular formula is C20H15N3O4S2. The van der Waals surface area contributed by atoms with E-state index in [9.17, 15) is 9.59 Å². The zero-order valence-corrected chi connectivity index (χ0v) is 16.9. The molecule has 0 saturated heterocycles. The van der Waals surface area contributed by atoms with Gasteiger partial charge in [0.15, 0.2) is 16.6 Å². The number of fused-ring (bicyclic) bond motifs is 2. The summed E-state index contributed by atoms with van der Waals surface area (Å²) < 4.78 is 10.7. The highest BCUT2D eigenvalue weighted by Gasteiger charge is 2.24. The predicted molar refractivity (Wildman–Crippen MR) is 112 cm³/mol. The van der Waals surface area contributed by atoms with Gasteiger partial charge in [0.25, 0.3) is 5.91 Å². The number of rotatable bonds is 3. The van der Waals surface area contributed by atoms with Crippen molar-refractivity contribution in [3.63, 3.8) is 0 Å². The molecule has 2 aromatic carbocycles. The van der Waals surface area contributed by atoms with Crippen molar-refractivity contribution in [3.8, 4) is 22.8 Å². The summed E-state index contributed by atoms with van der Waals surface area (Å²) in [4.78, 5) is 30.0. The Hall–Kier alpha value is -3.04. The fraction of sp³-hybridized carbons (Fsp3) is 0.150. The van der Waals surface area contributed by atoms with Gasteiger partial charge in [0, 0.05) is 21.4 Å². The lowest BCUT2D eigenvalue weighted by atomic mass is 10.1. The molecule has 3 aromatic rings. The molecule has 2 aliphatic rings. The molecule has 0 saturated carbocycles. The van der Waals surface area contributed by atoms with Gasteiger partial charge in [-0.1, -0.05) is 0 Å². The molecule has 0 radical (unpaired) electrons. The molecule has 1 unspecified atom stereocenters. The molecule has 2 amide bonds. The van der Waals surface area contributed by atoms with E-state index >= 15 is 0 Å². The highest BCUT2D eigenvalue weighted by molar-refractivity contribution is 8.00. The lowest BCUT2D eigenvalue weighted by Crippen LogP contribution is -2.26. The second-order valence-electron chi connectivity index (χ2n) is 6.52. The molecular weight excluding hydrogens is 410 g/mol. The van der Waals surface area contributed by atoms with Gasteiger partial charge in [-0.15, -0.1) is 23.1 Å². The first-order valence-electron chi connectivity index (χ1n) is 8.85. The van der Waals surface area contributed by atoms with Crippen LogP contribution in [-0.2, 0) is 4.79 Å². The Balaban J connectivity index is 1.33. The van der Waals surface area contributed by atoms with E-state index in [1.807, 2.05) is 36.6 Å². The number of nitrogens with zero attached hydrogens (tertiary/aromatic N) is 1. The quantitative estimate of drug-likeness (QED) is 0.653. The first kappa shape index (κ1) is 18.0. The zero-order chi connectivity index (χ0) is 20.0. The van der Waals surface area contributed by atoms with Crippen molar-refractivity contribution in [2.75, 3.05) is 17.4 Å². The van der Waals surface area contributed by atoms with E-state index in [0.29, 0.717) is 27.9 Å². The van der Waals surface area contributed by atoms with Crippen LogP contribution in [0.1, 0.15) is 17.3 Å². The zero-order valence-electron chi connectivity index (χ0n) is 15.2. The Labute approximate surface area is 174 Å². The third-order valence-corrected chi connectivity index (χ3v) is 6.50. The number of nitrogens with one attached hydrogen (secondary N) is 2. The molecule has 0 spiro atoms. The van der Waals surface area contributed by atoms with E-state index in [4.69, 9.17) is 9.47 Å². The molecule has 0 fully saturated rings. The maximum Gasteiger partial charge on any atom is 0.257 e. The first-order valence-corrected chi connectivity index (χ1v) is 10.6. The number of thioether (sulfide) groups is 1. The van der Waals surface area contributed by atoms with Crippen molar-refractivity contribution < 1.29 is 19.1 Å². The highest BCUT2D eigenvalue weighted by Crippen LogP contribution is 2.37. The van der Waals surface area contributed by atoms with E-state index in [-0.39, 0.29) is 23.9 Å². The molecule has 5 rings (SSSR count). The predicted octanol–water partition coefficient (Wildman–Crippen LogP) is 4.22. The van der Waals surface area contributed by atoms with Gasteiger partial charge in [0.1, 0.15) is 0 Å². The molecule has 1 aromatic heterocycles. The van der Waals surface area contributed by atoms with Crippen LogP contribution in [0, 0.1) is 0 Å². The van der Waals surface area contributed by atoms with E-state index in [2.05, 4.69) is 15.6 Å². The summed E-state index contributed by atoms with van der Waals surface area (Å²) in [6.45, 7) is 2.07. The van der Waals surface area contributed by atoms with Crippen molar-refractivity contribution in [1.82, 2.24) is 4.98 Å². The smallest absolute Gasteiger partial charge is 0.257 e. The average Bonchev–Trinajstić information content (AvgIpc) is 3.37. The van der Waals surface area contributed by atoms with E-state index < -0.39 is 0 Å². The summed E-state index contributed by atoms with van der Waals surface area (Å²) in [6, 6.07) is 10.9. The number of benzene rings is 2. The Morgan fingerprint density at radius 1 is 1.21 bits per heavy atom. The van der Waals surface area contributed by atoms with Gasteiger partial charge < -0.3 is 14.8 Å². The van der Waals surface area contributed by atoms with Crippen molar-refractivity contribution in [2.45, 2.75) is 17.1 Å². The molecule has 29 heavy (non-hydrogen) atoms. The van der Waals surface area contributed by atoms with Crippen LogP contribution in [0.2, 0.25) is 0 Å². The lowest BCUT2D eigenvalue weighted by Gasteiger charge is -2.21. The van der Waals surface area contributed by atoms with E-state index in [1.165, 1.54) is 23.1 Å². The molecule has 146 valence electrons. The van der Waals surface area contributed by atoms with Gasteiger partial charge in [-0.3, -0.25) is 14.9 Å². The minimum atomic E-state index is -0.280. The largest absolute Gasteiger partial charge is 0.454 e. The van der Waals surface area contributed by atoms with E-state index in [1.54, 1.807) is 12.1 Å². The summed E-state index contributed by atoms with van der Waals surface area (Å²) in [5, 5.41) is 7.88. The van der Waals surface area contributed by atoms with Gasteiger partial charge >= 0.3 is 0 Å². The number of carbonyl (C=O) groups excluding carboxylic acids is 2. The van der Waals surface area contributed by atoms with Crippen molar-refractivity contribution in [3.05, 3.63) is 47.3 Å². The normalized spacial score (nSPS) is 16.9. The SMILES string of the molecule is CC1Sc2ccc(C(=O)Nc3nc(-c4ccc5c(c4)OCO5)cs3)cc2NC1=O. The Bertz CT molecular complexity index is 1140. The summed E-state index contributed by atoms with van der Waals surface area (Å²) in [5.41, 5.74) is 2.74.